The lowest BCUT2D eigenvalue weighted by Gasteiger charge is -2.29. The topological polar surface area (TPSA) is 28.2 Å². The van der Waals surface area contributed by atoms with E-state index in [1.54, 1.807) is 11.3 Å². The van der Waals surface area contributed by atoms with Crippen molar-refractivity contribution in [3.05, 3.63) is 11.1 Å². The van der Waals surface area contributed by atoms with Crippen LogP contribution in [0.3, 0.4) is 0 Å². The molecule has 1 aromatic rings. The molecule has 0 aromatic carbocycles. The number of aromatic nitrogens is 1. The minimum absolute atomic E-state index is 0.838. The normalized spacial score (nSPS) is 17.6. The summed E-state index contributed by atoms with van der Waals surface area (Å²) in [5, 5.41) is 6.75. The first-order valence-corrected chi connectivity index (χ1v) is 7.05. The SMILES string of the molecule is CCN(CC1CCNCC1)c1nc(C)cs1. The van der Waals surface area contributed by atoms with E-state index in [2.05, 4.69) is 34.4 Å². The highest BCUT2D eigenvalue weighted by Crippen LogP contribution is 2.23. The molecule has 1 fully saturated rings. The zero-order valence-electron chi connectivity index (χ0n) is 10.2. The van der Waals surface area contributed by atoms with Gasteiger partial charge in [0.25, 0.3) is 0 Å². The molecule has 0 bridgehead atoms. The lowest BCUT2D eigenvalue weighted by atomic mass is 9.98. The average Bonchev–Trinajstić information content (AvgIpc) is 2.74. The standard InChI is InChI=1S/C12H21N3S/c1-3-15(12-14-10(2)9-16-12)8-11-4-6-13-7-5-11/h9,11,13H,3-8H2,1-2H3. The van der Waals surface area contributed by atoms with Crippen molar-refractivity contribution >= 4 is 16.5 Å². The van der Waals surface area contributed by atoms with Gasteiger partial charge in [-0.2, -0.15) is 0 Å². The number of hydrogen-bond donors (Lipinski definition) is 1. The largest absolute Gasteiger partial charge is 0.348 e. The monoisotopic (exact) mass is 239 g/mol. The van der Waals surface area contributed by atoms with Crippen LogP contribution in [0.15, 0.2) is 5.38 Å². The molecule has 2 rings (SSSR count). The maximum absolute atomic E-state index is 4.58. The third kappa shape index (κ3) is 2.95. The van der Waals surface area contributed by atoms with Gasteiger partial charge < -0.3 is 10.2 Å². The van der Waals surface area contributed by atoms with Crippen molar-refractivity contribution in [2.75, 3.05) is 31.1 Å². The quantitative estimate of drug-likeness (QED) is 0.873. The number of nitrogens with zero attached hydrogens (tertiary/aromatic N) is 2. The number of thiazole rings is 1. The Bertz CT molecular complexity index is 318. The van der Waals surface area contributed by atoms with Crippen LogP contribution in [0.5, 0.6) is 0 Å². The molecule has 0 amide bonds. The number of hydrogen-bond acceptors (Lipinski definition) is 4. The second kappa shape index (κ2) is 5.64. The Labute approximate surface area is 102 Å². The highest BCUT2D eigenvalue weighted by atomic mass is 32.1. The average molecular weight is 239 g/mol. The van der Waals surface area contributed by atoms with E-state index in [4.69, 9.17) is 0 Å². The van der Waals surface area contributed by atoms with Gasteiger partial charge in [-0.05, 0) is 45.7 Å². The van der Waals surface area contributed by atoms with Crippen molar-refractivity contribution < 1.29 is 0 Å². The molecule has 0 atom stereocenters. The van der Waals surface area contributed by atoms with Gasteiger partial charge in [0.1, 0.15) is 0 Å². The fourth-order valence-corrected chi connectivity index (χ4v) is 3.08. The van der Waals surface area contributed by atoms with E-state index in [1.165, 1.54) is 37.6 Å². The predicted octanol–water partition coefficient (Wildman–Crippen LogP) is 2.28. The highest BCUT2D eigenvalue weighted by Gasteiger charge is 2.17. The summed E-state index contributed by atoms with van der Waals surface area (Å²) in [7, 11) is 0. The van der Waals surface area contributed by atoms with Gasteiger partial charge in [0, 0.05) is 18.5 Å². The smallest absolute Gasteiger partial charge is 0.185 e. The van der Waals surface area contributed by atoms with E-state index in [-0.39, 0.29) is 0 Å². The summed E-state index contributed by atoms with van der Waals surface area (Å²) in [6.45, 7) is 8.89. The molecule has 0 unspecified atom stereocenters. The minimum Gasteiger partial charge on any atom is -0.348 e. The van der Waals surface area contributed by atoms with E-state index >= 15 is 0 Å². The molecule has 1 aliphatic rings. The Kier molecular flexibility index (Phi) is 4.18. The van der Waals surface area contributed by atoms with E-state index in [0.29, 0.717) is 0 Å². The van der Waals surface area contributed by atoms with Crippen LogP contribution in [-0.4, -0.2) is 31.2 Å². The Hall–Kier alpha value is -0.610. The van der Waals surface area contributed by atoms with Crippen LogP contribution in [0, 0.1) is 12.8 Å². The highest BCUT2D eigenvalue weighted by molar-refractivity contribution is 7.13. The maximum Gasteiger partial charge on any atom is 0.185 e. The van der Waals surface area contributed by atoms with Gasteiger partial charge in [-0.1, -0.05) is 0 Å². The summed E-state index contributed by atoms with van der Waals surface area (Å²) in [6.07, 6.45) is 2.61. The van der Waals surface area contributed by atoms with Crippen molar-refractivity contribution in [2.45, 2.75) is 26.7 Å². The minimum atomic E-state index is 0.838. The molecule has 1 saturated heterocycles. The zero-order valence-corrected chi connectivity index (χ0v) is 11.0. The van der Waals surface area contributed by atoms with E-state index in [0.717, 1.165) is 18.2 Å². The Balaban J connectivity index is 1.94. The van der Waals surface area contributed by atoms with Gasteiger partial charge in [0.2, 0.25) is 0 Å². The zero-order chi connectivity index (χ0) is 11.4. The molecule has 0 spiro atoms. The first-order valence-electron chi connectivity index (χ1n) is 6.17. The summed E-state index contributed by atoms with van der Waals surface area (Å²) in [5.41, 5.74) is 1.14. The number of rotatable bonds is 4. The van der Waals surface area contributed by atoms with Gasteiger partial charge in [0.05, 0.1) is 5.69 Å². The van der Waals surface area contributed by atoms with Gasteiger partial charge in [-0.25, -0.2) is 4.98 Å². The Morgan fingerprint density at radius 2 is 2.25 bits per heavy atom. The fourth-order valence-electron chi connectivity index (χ4n) is 2.21. The van der Waals surface area contributed by atoms with Crippen molar-refractivity contribution in [1.82, 2.24) is 10.3 Å². The van der Waals surface area contributed by atoms with Gasteiger partial charge >= 0.3 is 0 Å². The third-order valence-corrected chi connectivity index (χ3v) is 4.22. The summed E-state index contributed by atoms with van der Waals surface area (Å²) < 4.78 is 0. The lowest BCUT2D eigenvalue weighted by Crippen LogP contribution is -2.36. The molecule has 0 radical (unpaired) electrons. The van der Waals surface area contributed by atoms with Gasteiger partial charge in [-0.3, -0.25) is 0 Å². The number of anilines is 1. The van der Waals surface area contributed by atoms with Crippen LogP contribution >= 0.6 is 11.3 Å². The van der Waals surface area contributed by atoms with E-state index in [1.807, 2.05) is 0 Å². The van der Waals surface area contributed by atoms with Crippen LogP contribution in [0.2, 0.25) is 0 Å². The fraction of sp³-hybridized carbons (Fsp3) is 0.750. The molecule has 2 heterocycles. The first kappa shape index (κ1) is 11.9. The molecular weight excluding hydrogens is 218 g/mol. The number of nitrogens with one attached hydrogen (secondary N) is 1. The van der Waals surface area contributed by atoms with Crippen molar-refractivity contribution in [3.63, 3.8) is 0 Å². The second-order valence-electron chi connectivity index (χ2n) is 4.50. The molecule has 3 nitrogen and oxygen atoms in total. The van der Waals surface area contributed by atoms with Gasteiger partial charge in [-0.15, -0.1) is 11.3 Å². The first-order chi connectivity index (χ1) is 7.79. The summed E-state index contributed by atoms with van der Waals surface area (Å²) in [4.78, 5) is 7.00. The Morgan fingerprint density at radius 3 is 2.81 bits per heavy atom. The molecule has 0 saturated carbocycles. The third-order valence-electron chi connectivity index (χ3n) is 3.20. The molecule has 16 heavy (non-hydrogen) atoms. The molecule has 90 valence electrons. The maximum atomic E-state index is 4.58. The molecule has 1 aromatic heterocycles. The van der Waals surface area contributed by atoms with Crippen LogP contribution in [0.4, 0.5) is 5.13 Å². The molecule has 4 heteroatoms. The van der Waals surface area contributed by atoms with Crippen LogP contribution in [-0.2, 0) is 0 Å². The lowest BCUT2D eigenvalue weighted by molar-refractivity contribution is 0.374. The van der Waals surface area contributed by atoms with Gasteiger partial charge in [0.15, 0.2) is 5.13 Å². The van der Waals surface area contributed by atoms with Crippen LogP contribution in [0.25, 0.3) is 0 Å². The summed E-state index contributed by atoms with van der Waals surface area (Å²) >= 11 is 1.77. The second-order valence-corrected chi connectivity index (χ2v) is 5.34. The summed E-state index contributed by atoms with van der Waals surface area (Å²) in [6, 6.07) is 0. The number of aryl methyl sites for hydroxylation is 1. The van der Waals surface area contributed by atoms with Crippen LogP contribution < -0.4 is 10.2 Å². The van der Waals surface area contributed by atoms with Crippen molar-refractivity contribution in [3.8, 4) is 0 Å². The van der Waals surface area contributed by atoms with Crippen LogP contribution in [0.1, 0.15) is 25.5 Å². The van der Waals surface area contributed by atoms with Crippen molar-refractivity contribution in [2.24, 2.45) is 5.92 Å². The molecule has 0 aliphatic carbocycles. The predicted molar refractivity (Wildman–Crippen MR) is 70.3 cm³/mol. The molecule has 1 aliphatic heterocycles. The molecular formula is C12H21N3S. The van der Waals surface area contributed by atoms with E-state index in [9.17, 15) is 0 Å². The molecule has 1 N–H and O–H groups in total. The van der Waals surface area contributed by atoms with E-state index < -0.39 is 0 Å². The Morgan fingerprint density at radius 1 is 1.50 bits per heavy atom. The summed E-state index contributed by atoms with van der Waals surface area (Å²) in [5.74, 6) is 0.838. The number of piperidine rings is 1. The van der Waals surface area contributed by atoms with Crippen molar-refractivity contribution in [1.29, 1.82) is 0 Å².